The lowest BCUT2D eigenvalue weighted by Gasteiger charge is -2.28. The molecule has 0 amide bonds. The van der Waals surface area contributed by atoms with Crippen LogP contribution < -0.4 is 5.32 Å². The lowest BCUT2D eigenvalue weighted by molar-refractivity contribution is 0.166. The molecule has 0 spiro atoms. The summed E-state index contributed by atoms with van der Waals surface area (Å²) in [6, 6.07) is 25.5. The van der Waals surface area contributed by atoms with Gasteiger partial charge >= 0.3 is 0 Å². The van der Waals surface area contributed by atoms with Crippen LogP contribution in [0.25, 0.3) is 11.1 Å². The molecule has 1 aliphatic rings. The summed E-state index contributed by atoms with van der Waals surface area (Å²) >= 11 is 3.49. The first-order valence-electron chi connectivity index (χ1n) is 8.95. The van der Waals surface area contributed by atoms with Gasteiger partial charge < -0.3 is 10.4 Å². The number of halogens is 1. The quantitative estimate of drug-likeness (QED) is 0.640. The third-order valence-electron chi connectivity index (χ3n) is 5.25. The van der Waals surface area contributed by atoms with Gasteiger partial charge in [0.25, 0.3) is 0 Å². The molecule has 0 saturated heterocycles. The fourth-order valence-corrected chi connectivity index (χ4v) is 4.04. The van der Waals surface area contributed by atoms with E-state index < -0.39 is 0 Å². The SMILES string of the molecule is OCC1(NCc2cccc(-c3ccc(Br)cc3)c2)Cc2ccccc2C1. The van der Waals surface area contributed by atoms with E-state index in [9.17, 15) is 5.11 Å². The van der Waals surface area contributed by atoms with E-state index >= 15 is 0 Å². The van der Waals surface area contributed by atoms with Crippen LogP contribution in [0.3, 0.4) is 0 Å². The van der Waals surface area contributed by atoms with Gasteiger partial charge in [-0.15, -0.1) is 0 Å². The Morgan fingerprint density at radius 1 is 0.846 bits per heavy atom. The first-order chi connectivity index (χ1) is 12.7. The number of aliphatic hydroxyl groups is 1. The summed E-state index contributed by atoms with van der Waals surface area (Å²) in [6.45, 7) is 0.896. The van der Waals surface area contributed by atoms with E-state index in [1.807, 2.05) is 0 Å². The van der Waals surface area contributed by atoms with E-state index in [1.54, 1.807) is 0 Å². The normalized spacial score (nSPS) is 15.0. The molecule has 3 aromatic carbocycles. The maximum absolute atomic E-state index is 10.1. The largest absolute Gasteiger partial charge is 0.394 e. The third kappa shape index (κ3) is 3.61. The van der Waals surface area contributed by atoms with Gasteiger partial charge in [-0.05, 0) is 58.9 Å². The molecule has 2 N–H and O–H groups in total. The van der Waals surface area contributed by atoms with Crippen molar-refractivity contribution >= 4 is 15.9 Å². The Morgan fingerprint density at radius 3 is 2.19 bits per heavy atom. The van der Waals surface area contributed by atoms with Gasteiger partial charge in [0.1, 0.15) is 0 Å². The molecule has 0 unspecified atom stereocenters. The minimum atomic E-state index is -0.253. The van der Waals surface area contributed by atoms with Crippen molar-refractivity contribution in [3.05, 3.63) is 94.0 Å². The molecule has 0 aliphatic heterocycles. The summed E-state index contributed by atoms with van der Waals surface area (Å²) in [7, 11) is 0. The van der Waals surface area contributed by atoms with Gasteiger partial charge in [-0.2, -0.15) is 0 Å². The van der Waals surface area contributed by atoms with E-state index in [0.29, 0.717) is 0 Å². The molecular weight excluding hydrogens is 386 g/mol. The van der Waals surface area contributed by atoms with Crippen LogP contribution in [0, 0.1) is 0 Å². The van der Waals surface area contributed by atoms with Gasteiger partial charge in [-0.1, -0.05) is 70.5 Å². The highest BCUT2D eigenvalue weighted by Gasteiger charge is 2.35. The Hall–Kier alpha value is -1.94. The highest BCUT2D eigenvalue weighted by molar-refractivity contribution is 9.10. The smallest absolute Gasteiger partial charge is 0.0619 e. The molecule has 132 valence electrons. The predicted octanol–water partition coefficient (Wildman–Crippen LogP) is 4.74. The van der Waals surface area contributed by atoms with Gasteiger partial charge in [-0.25, -0.2) is 0 Å². The molecule has 3 aromatic rings. The molecule has 1 aliphatic carbocycles. The number of hydrogen-bond donors (Lipinski definition) is 2. The van der Waals surface area contributed by atoms with Crippen molar-refractivity contribution < 1.29 is 5.11 Å². The van der Waals surface area contributed by atoms with Crippen molar-refractivity contribution in [2.75, 3.05) is 6.61 Å². The zero-order valence-corrected chi connectivity index (χ0v) is 16.2. The monoisotopic (exact) mass is 407 g/mol. The molecule has 2 nitrogen and oxygen atoms in total. The number of aliphatic hydroxyl groups excluding tert-OH is 1. The maximum Gasteiger partial charge on any atom is 0.0619 e. The Morgan fingerprint density at radius 2 is 1.54 bits per heavy atom. The first-order valence-corrected chi connectivity index (χ1v) is 9.74. The summed E-state index contributed by atoms with van der Waals surface area (Å²) in [5, 5.41) is 13.7. The van der Waals surface area contributed by atoms with Crippen LogP contribution in [0.4, 0.5) is 0 Å². The summed E-state index contributed by atoms with van der Waals surface area (Å²) in [5.74, 6) is 0. The van der Waals surface area contributed by atoms with E-state index in [2.05, 4.69) is 94.0 Å². The van der Waals surface area contributed by atoms with Crippen molar-refractivity contribution in [1.82, 2.24) is 5.32 Å². The fraction of sp³-hybridized carbons (Fsp3) is 0.217. The number of rotatable bonds is 5. The minimum absolute atomic E-state index is 0.147. The summed E-state index contributed by atoms with van der Waals surface area (Å²) in [4.78, 5) is 0. The van der Waals surface area contributed by atoms with Crippen molar-refractivity contribution in [1.29, 1.82) is 0 Å². The highest BCUT2D eigenvalue weighted by Crippen LogP contribution is 2.30. The zero-order valence-electron chi connectivity index (χ0n) is 14.6. The number of hydrogen-bond acceptors (Lipinski definition) is 2. The van der Waals surface area contributed by atoms with Crippen LogP contribution in [0.2, 0.25) is 0 Å². The van der Waals surface area contributed by atoms with Crippen LogP contribution in [0.15, 0.2) is 77.3 Å². The second kappa shape index (κ2) is 7.36. The number of nitrogens with one attached hydrogen (secondary N) is 1. The standard InChI is InChI=1S/C23H22BrNO/c24-22-10-8-18(9-11-22)19-7-3-4-17(12-19)15-25-23(16-26)13-20-5-1-2-6-21(20)14-23/h1-12,25-26H,13-16H2. The predicted molar refractivity (Wildman–Crippen MR) is 110 cm³/mol. The summed E-state index contributed by atoms with van der Waals surface area (Å²) in [6.07, 6.45) is 1.76. The van der Waals surface area contributed by atoms with E-state index in [-0.39, 0.29) is 12.1 Å². The maximum atomic E-state index is 10.1. The molecule has 0 atom stereocenters. The molecule has 0 bridgehead atoms. The Kier molecular flexibility index (Phi) is 4.94. The van der Waals surface area contributed by atoms with E-state index in [1.165, 1.54) is 27.8 Å². The van der Waals surface area contributed by atoms with Gasteiger partial charge in [0, 0.05) is 16.6 Å². The highest BCUT2D eigenvalue weighted by atomic mass is 79.9. The molecule has 0 radical (unpaired) electrons. The second-order valence-electron chi connectivity index (χ2n) is 7.12. The Bertz CT molecular complexity index is 879. The minimum Gasteiger partial charge on any atom is -0.394 e. The topological polar surface area (TPSA) is 32.3 Å². The van der Waals surface area contributed by atoms with Crippen LogP contribution >= 0.6 is 15.9 Å². The molecule has 0 heterocycles. The van der Waals surface area contributed by atoms with E-state index in [4.69, 9.17) is 0 Å². The van der Waals surface area contributed by atoms with Crippen molar-refractivity contribution in [3.63, 3.8) is 0 Å². The average Bonchev–Trinajstić information content (AvgIpc) is 3.06. The lowest BCUT2D eigenvalue weighted by atomic mass is 9.96. The van der Waals surface area contributed by atoms with Gasteiger partial charge in [0.05, 0.1) is 6.61 Å². The second-order valence-corrected chi connectivity index (χ2v) is 8.04. The first kappa shape index (κ1) is 17.5. The van der Waals surface area contributed by atoms with Gasteiger partial charge in [-0.3, -0.25) is 0 Å². The number of benzene rings is 3. The lowest BCUT2D eigenvalue weighted by Crippen LogP contribution is -2.49. The zero-order chi connectivity index (χ0) is 18.0. The van der Waals surface area contributed by atoms with Crippen molar-refractivity contribution in [2.45, 2.75) is 24.9 Å². The van der Waals surface area contributed by atoms with Gasteiger partial charge in [0.15, 0.2) is 0 Å². The van der Waals surface area contributed by atoms with Gasteiger partial charge in [0.2, 0.25) is 0 Å². The Balaban J connectivity index is 1.50. The average molecular weight is 408 g/mol. The summed E-state index contributed by atoms with van der Waals surface area (Å²) < 4.78 is 1.09. The molecular formula is C23H22BrNO. The van der Waals surface area contributed by atoms with E-state index in [0.717, 1.165) is 23.9 Å². The summed E-state index contributed by atoms with van der Waals surface area (Å²) in [5.41, 5.74) is 6.09. The molecule has 3 heteroatoms. The van der Waals surface area contributed by atoms with Crippen LogP contribution in [0.1, 0.15) is 16.7 Å². The number of fused-ring (bicyclic) bond motifs is 1. The van der Waals surface area contributed by atoms with Crippen LogP contribution in [0.5, 0.6) is 0 Å². The van der Waals surface area contributed by atoms with Crippen molar-refractivity contribution in [3.8, 4) is 11.1 Å². The molecule has 0 saturated carbocycles. The van der Waals surface area contributed by atoms with Crippen molar-refractivity contribution in [2.24, 2.45) is 0 Å². The fourth-order valence-electron chi connectivity index (χ4n) is 3.78. The van der Waals surface area contributed by atoms with Crippen LogP contribution in [-0.4, -0.2) is 17.3 Å². The Labute approximate surface area is 163 Å². The third-order valence-corrected chi connectivity index (χ3v) is 5.78. The van der Waals surface area contributed by atoms with Crippen LogP contribution in [-0.2, 0) is 19.4 Å². The molecule has 0 fully saturated rings. The molecule has 4 rings (SSSR count). The molecule has 0 aromatic heterocycles. The molecule has 26 heavy (non-hydrogen) atoms.